The lowest BCUT2D eigenvalue weighted by Gasteiger charge is -2.05. The van der Waals surface area contributed by atoms with E-state index in [1.807, 2.05) is 12.1 Å². The standard InChI is InChI=1S/C18H15ClN2O5/c1-23-15-8-3-2-7-14(15)18-20-16(26-21-18)10-25-17(22)11-24-13-6-4-5-12(19)9-13/h2-9H,10-11H2,1H3. The van der Waals surface area contributed by atoms with Crippen molar-refractivity contribution in [3.8, 4) is 22.9 Å². The molecule has 0 saturated heterocycles. The molecule has 0 saturated carbocycles. The van der Waals surface area contributed by atoms with Crippen molar-refractivity contribution in [3.05, 3.63) is 59.4 Å². The van der Waals surface area contributed by atoms with Gasteiger partial charge in [-0.2, -0.15) is 4.98 Å². The van der Waals surface area contributed by atoms with Crippen molar-refractivity contribution in [1.82, 2.24) is 10.1 Å². The van der Waals surface area contributed by atoms with Crippen LogP contribution >= 0.6 is 11.6 Å². The number of halogens is 1. The molecule has 7 nitrogen and oxygen atoms in total. The molecule has 0 aliphatic carbocycles. The fraction of sp³-hybridized carbons (Fsp3) is 0.167. The van der Waals surface area contributed by atoms with Gasteiger partial charge in [0.1, 0.15) is 11.5 Å². The molecule has 0 fully saturated rings. The van der Waals surface area contributed by atoms with E-state index in [4.69, 9.17) is 30.3 Å². The van der Waals surface area contributed by atoms with E-state index in [9.17, 15) is 4.79 Å². The first kappa shape index (κ1) is 17.8. The van der Waals surface area contributed by atoms with Crippen molar-refractivity contribution in [2.45, 2.75) is 6.61 Å². The third kappa shape index (κ3) is 4.52. The molecule has 26 heavy (non-hydrogen) atoms. The first-order chi connectivity index (χ1) is 12.7. The number of nitrogens with zero attached hydrogens (tertiary/aromatic N) is 2. The van der Waals surface area contributed by atoms with Gasteiger partial charge in [-0.15, -0.1) is 0 Å². The molecule has 2 aromatic carbocycles. The van der Waals surface area contributed by atoms with Gasteiger partial charge in [0.05, 0.1) is 12.7 Å². The number of hydrogen-bond donors (Lipinski definition) is 0. The van der Waals surface area contributed by atoms with Gasteiger partial charge in [-0.1, -0.05) is 35.0 Å². The van der Waals surface area contributed by atoms with Crippen LogP contribution in [0.2, 0.25) is 5.02 Å². The summed E-state index contributed by atoms with van der Waals surface area (Å²) in [4.78, 5) is 16.0. The van der Waals surface area contributed by atoms with Gasteiger partial charge < -0.3 is 18.7 Å². The molecule has 0 aliphatic rings. The monoisotopic (exact) mass is 374 g/mol. The van der Waals surface area contributed by atoms with E-state index in [2.05, 4.69) is 10.1 Å². The number of hydrogen-bond acceptors (Lipinski definition) is 7. The van der Waals surface area contributed by atoms with Crippen LogP contribution in [-0.2, 0) is 16.1 Å². The molecule has 3 rings (SSSR count). The van der Waals surface area contributed by atoms with Gasteiger partial charge >= 0.3 is 5.97 Å². The highest BCUT2D eigenvalue weighted by Crippen LogP contribution is 2.27. The summed E-state index contributed by atoms with van der Waals surface area (Å²) in [5, 5.41) is 4.39. The largest absolute Gasteiger partial charge is 0.496 e. The summed E-state index contributed by atoms with van der Waals surface area (Å²) in [6.07, 6.45) is 0. The molecule has 1 heterocycles. The highest BCUT2D eigenvalue weighted by Gasteiger charge is 2.14. The summed E-state index contributed by atoms with van der Waals surface area (Å²) in [6.45, 7) is -0.409. The third-order valence-electron chi connectivity index (χ3n) is 3.33. The number of carbonyl (C=O) groups is 1. The summed E-state index contributed by atoms with van der Waals surface area (Å²) in [7, 11) is 1.56. The van der Waals surface area contributed by atoms with Gasteiger partial charge in [0.2, 0.25) is 5.82 Å². The maximum Gasteiger partial charge on any atom is 0.344 e. The molecule has 0 N–H and O–H groups in total. The Morgan fingerprint density at radius 2 is 2.04 bits per heavy atom. The maximum absolute atomic E-state index is 11.8. The summed E-state index contributed by atoms with van der Waals surface area (Å²) in [6, 6.07) is 14.0. The van der Waals surface area contributed by atoms with Crippen LogP contribution in [0.4, 0.5) is 0 Å². The van der Waals surface area contributed by atoms with Crippen LogP contribution in [0.25, 0.3) is 11.4 Å². The molecule has 0 aliphatic heterocycles. The molecule has 0 amide bonds. The first-order valence-corrected chi connectivity index (χ1v) is 8.03. The number of benzene rings is 2. The Kier molecular flexibility index (Phi) is 5.70. The second-order valence-corrected chi connectivity index (χ2v) is 5.56. The van der Waals surface area contributed by atoms with Crippen molar-refractivity contribution in [1.29, 1.82) is 0 Å². The molecule has 8 heteroatoms. The molecule has 0 bridgehead atoms. The minimum absolute atomic E-state index is 0.153. The first-order valence-electron chi connectivity index (χ1n) is 7.65. The van der Waals surface area contributed by atoms with Crippen molar-refractivity contribution >= 4 is 17.6 Å². The Labute approximate surface area is 154 Å². The van der Waals surface area contributed by atoms with E-state index in [1.165, 1.54) is 0 Å². The number of rotatable bonds is 7. The average Bonchev–Trinajstić information content (AvgIpc) is 3.13. The average molecular weight is 375 g/mol. The van der Waals surface area contributed by atoms with Gasteiger partial charge in [0.25, 0.3) is 5.89 Å². The summed E-state index contributed by atoms with van der Waals surface area (Å²) >= 11 is 5.84. The van der Waals surface area contributed by atoms with E-state index in [-0.39, 0.29) is 19.1 Å². The lowest BCUT2D eigenvalue weighted by Crippen LogP contribution is -2.14. The Balaban J connectivity index is 1.54. The minimum atomic E-state index is -0.568. The van der Waals surface area contributed by atoms with Gasteiger partial charge in [0.15, 0.2) is 13.2 Å². The Bertz CT molecular complexity index is 897. The topological polar surface area (TPSA) is 83.7 Å². The number of esters is 1. The van der Waals surface area contributed by atoms with Crippen LogP contribution in [0, 0.1) is 0 Å². The predicted octanol–water partition coefficient (Wildman–Crippen LogP) is 3.52. The fourth-order valence-electron chi connectivity index (χ4n) is 2.14. The molecular formula is C18H15ClN2O5. The Hall–Kier alpha value is -3.06. The highest BCUT2D eigenvalue weighted by molar-refractivity contribution is 6.30. The van der Waals surface area contributed by atoms with Crippen LogP contribution in [0.15, 0.2) is 53.1 Å². The van der Waals surface area contributed by atoms with Gasteiger partial charge in [0, 0.05) is 5.02 Å². The minimum Gasteiger partial charge on any atom is -0.496 e. The van der Waals surface area contributed by atoms with Gasteiger partial charge in [-0.05, 0) is 30.3 Å². The lowest BCUT2D eigenvalue weighted by molar-refractivity contribution is -0.148. The number of ether oxygens (including phenoxy) is 3. The molecule has 0 spiro atoms. The van der Waals surface area contributed by atoms with Crippen molar-refractivity contribution < 1.29 is 23.5 Å². The molecule has 0 atom stereocenters. The van der Waals surface area contributed by atoms with E-state index in [0.717, 1.165) is 0 Å². The van der Waals surface area contributed by atoms with Crippen molar-refractivity contribution in [2.24, 2.45) is 0 Å². The molecule has 0 radical (unpaired) electrons. The van der Waals surface area contributed by atoms with Crippen LogP contribution in [0.3, 0.4) is 0 Å². The molecule has 0 unspecified atom stereocenters. The number of methoxy groups -OCH3 is 1. The number of aromatic nitrogens is 2. The van der Waals surface area contributed by atoms with Crippen LogP contribution in [0.5, 0.6) is 11.5 Å². The summed E-state index contributed by atoms with van der Waals surface area (Å²) < 4.78 is 20.7. The van der Waals surface area contributed by atoms with E-state index >= 15 is 0 Å². The number of carbonyl (C=O) groups excluding carboxylic acids is 1. The highest BCUT2D eigenvalue weighted by atomic mass is 35.5. The fourth-order valence-corrected chi connectivity index (χ4v) is 2.32. The molecular weight excluding hydrogens is 360 g/mol. The zero-order valence-corrected chi connectivity index (χ0v) is 14.6. The number of para-hydroxylation sites is 1. The van der Waals surface area contributed by atoms with Crippen LogP contribution in [0.1, 0.15) is 5.89 Å². The normalized spacial score (nSPS) is 10.4. The maximum atomic E-state index is 11.8. The quantitative estimate of drug-likeness (QED) is 0.585. The van der Waals surface area contributed by atoms with Crippen LogP contribution < -0.4 is 9.47 Å². The zero-order valence-electron chi connectivity index (χ0n) is 13.8. The summed E-state index contributed by atoms with van der Waals surface area (Å²) in [5.41, 5.74) is 0.681. The second-order valence-electron chi connectivity index (χ2n) is 5.12. The van der Waals surface area contributed by atoms with Gasteiger partial charge in [-0.25, -0.2) is 4.79 Å². The van der Waals surface area contributed by atoms with E-state index in [1.54, 1.807) is 43.5 Å². The SMILES string of the molecule is COc1ccccc1-c1noc(COC(=O)COc2cccc(Cl)c2)n1. The molecule has 1 aromatic heterocycles. The smallest absolute Gasteiger partial charge is 0.344 e. The Morgan fingerprint density at radius 3 is 2.85 bits per heavy atom. The van der Waals surface area contributed by atoms with E-state index in [0.29, 0.717) is 27.9 Å². The van der Waals surface area contributed by atoms with Crippen molar-refractivity contribution in [3.63, 3.8) is 0 Å². The summed E-state index contributed by atoms with van der Waals surface area (Å²) in [5.74, 6) is 1.05. The third-order valence-corrected chi connectivity index (χ3v) is 3.56. The van der Waals surface area contributed by atoms with E-state index < -0.39 is 5.97 Å². The molecule has 134 valence electrons. The van der Waals surface area contributed by atoms with Crippen LogP contribution in [-0.4, -0.2) is 29.8 Å². The van der Waals surface area contributed by atoms with Gasteiger partial charge in [-0.3, -0.25) is 0 Å². The Morgan fingerprint density at radius 1 is 1.19 bits per heavy atom. The second kappa shape index (κ2) is 8.35. The lowest BCUT2D eigenvalue weighted by atomic mass is 10.2. The molecule has 3 aromatic rings. The predicted molar refractivity (Wildman–Crippen MR) is 93.0 cm³/mol. The zero-order chi connectivity index (χ0) is 18.4. The van der Waals surface area contributed by atoms with Crippen molar-refractivity contribution in [2.75, 3.05) is 13.7 Å².